The number of hydrogen-bond donors (Lipinski definition) is 1. The number of fused-ring (bicyclic) bond motifs is 1. The van der Waals surface area contributed by atoms with Crippen LogP contribution in [0.25, 0.3) is 0 Å². The van der Waals surface area contributed by atoms with Gasteiger partial charge in [-0.05, 0) is 42.5 Å². The van der Waals surface area contributed by atoms with Gasteiger partial charge in [0.2, 0.25) is 10.0 Å². The lowest BCUT2D eigenvalue weighted by molar-refractivity contribution is 0.464. The van der Waals surface area contributed by atoms with E-state index in [1.807, 2.05) is 0 Å². The zero-order valence-corrected chi connectivity index (χ0v) is 14.3. The average molecular weight is 361 g/mol. The summed E-state index contributed by atoms with van der Waals surface area (Å²) in [4.78, 5) is 0. The fraction of sp³-hybridized carbons (Fsp3) is 0.571. The van der Waals surface area contributed by atoms with Crippen LogP contribution in [0, 0.1) is 0 Å². The van der Waals surface area contributed by atoms with E-state index in [-0.39, 0.29) is 5.75 Å². The molecule has 6 heteroatoms. The first-order chi connectivity index (χ1) is 9.38. The Bertz CT molecular complexity index is 573. The van der Waals surface area contributed by atoms with Crippen molar-refractivity contribution >= 4 is 26.0 Å². The van der Waals surface area contributed by atoms with Crippen molar-refractivity contribution < 1.29 is 8.42 Å². The van der Waals surface area contributed by atoms with E-state index in [1.165, 1.54) is 15.4 Å². The SMILES string of the molecule is CN(C)S(=O)(=O)CCNC1CCc2cc(Br)ccc2C1. The van der Waals surface area contributed by atoms with E-state index < -0.39 is 10.0 Å². The maximum Gasteiger partial charge on any atom is 0.214 e. The molecule has 1 aromatic rings. The second-order valence-electron chi connectivity index (χ2n) is 5.41. The molecule has 2 rings (SSSR count). The largest absolute Gasteiger partial charge is 0.313 e. The fourth-order valence-electron chi connectivity index (χ4n) is 2.47. The summed E-state index contributed by atoms with van der Waals surface area (Å²) in [5.74, 6) is 0.156. The summed E-state index contributed by atoms with van der Waals surface area (Å²) >= 11 is 3.50. The molecule has 112 valence electrons. The molecule has 0 amide bonds. The number of halogens is 1. The summed E-state index contributed by atoms with van der Waals surface area (Å²) < 4.78 is 25.8. The van der Waals surface area contributed by atoms with Crippen molar-refractivity contribution in [3.05, 3.63) is 33.8 Å². The molecule has 0 saturated heterocycles. The van der Waals surface area contributed by atoms with E-state index in [9.17, 15) is 8.42 Å². The third-order valence-electron chi connectivity index (χ3n) is 3.75. The van der Waals surface area contributed by atoms with Gasteiger partial charge in [0, 0.05) is 31.2 Å². The van der Waals surface area contributed by atoms with E-state index in [2.05, 4.69) is 39.4 Å². The van der Waals surface area contributed by atoms with Crippen molar-refractivity contribution in [3.8, 4) is 0 Å². The van der Waals surface area contributed by atoms with Gasteiger partial charge in [-0.3, -0.25) is 0 Å². The Kier molecular flexibility index (Phi) is 5.23. The molecule has 0 heterocycles. The van der Waals surface area contributed by atoms with Crippen molar-refractivity contribution in [3.63, 3.8) is 0 Å². The average Bonchev–Trinajstić information content (AvgIpc) is 2.38. The predicted octanol–water partition coefficient (Wildman–Crippen LogP) is 1.79. The Labute approximate surface area is 129 Å². The van der Waals surface area contributed by atoms with Crippen LogP contribution in [0.2, 0.25) is 0 Å². The smallest absolute Gasteiger partial charge is 0.214 e. The molecule has 0 aromatic heterocycles. The molecule has 0 bridgehead atoms. The highest BCUT2D eigenvalue weighted by atomic mass is 79.9. The number of sulfonamides is 1. The maximum atomic E-state index is 11.7. The van der Waals surface area contributed by atoms with Gasteiger partial charge < -0.3 is 5.32 Å². The molecular weight excluding hydrogens is 340 g/mol. The highest BCUT2D eigenvalue weighted by molar-refractivity contribution is 9.10. The lowest BCUT2D eigenvalue weighted by Gasteiger charge is -2.26. The van der Waals surface area contributed by atoms with Crippen LogP contribution in [0.3, 0.4) is 0 Å². The molecule has 20 heavy (non-hydrogen) atoms. The summed E-state index contributed by atoms with van der Waals surface area (Å²) in [6.45, 7) is 0.511. The number of hydrogen-bond acceptors (Lipinski definition) is 3. The molecule has 4 nitrogen and oxygen atoms in total. The van der Waals surface area contributed by atoms with Gasteiger partial charge in [0.05, 0.1) is 5.75 Å². The third-order valence-corrected chi connectivity index (χ3v) is 6.07. The molecule has 0 saturated carbocycles. The molecule has 0 spiro atoms. The number of aryl methyl sites for hydroxylation is 1. The van der Waals surface area contributed by atoms with E-state index in [0.29, 0.717) is 12.6 Å². The van der Waals surface area contributed by atoms with Crippen molar-refractivity contribution in [1.29, 1.82) is 0 Å². The van der Waals surface area contributed by atoms with Crippen LogP contribution < -0.4 is 5.32 Å². The second kappa shape index (κ2) is 6.56. The molecule has 1 N–H and O–H groups in total. The van der Waals surface area contributed by atoms with E-state index >= 15 is 0 Å². The summed E-state index contributed by atoms with van der Waals surface area (Å²) in [7, 11) is 0.0464. The normalized spacial score (nSPS) is 19.1. The van der Waals surface area contributed by atoms with E-state index in [0.717, 1.165) is 23.7 Å². The van der Waals surface area contributed by atoms with Gasteiger partial charge in [0.15, 0.2) is 0 Å². The zero-order chi connectivity index (χ0) is 14.8. The second-order valence-corrected chi connectivity index (χ2v) is 8.62. The minimum Gasteiger partial charge on any atom is -0.313 e. The van der Waals surface area contributed by atoms with Crippen LogP contribution in [0.4, 0.5) is 0 Å². The van der Waals surface area contributed by atoms with E-state index in [4.69, 9.17) is 0 Å². The topological polar surface area (TPSA) is 49.4 Å². The first-order valence-corrected chi connectivity index (χ1v) is 9.19. The van der Waals surface area contributed by atoms with Crippen molar-refractivity contribution in [2.45, 2.75) is 25.3 Å². The zero-order valence-electron chi connectivity index (χ0n) is 11.9. The fourth-order valence-corrected chi connectivity index (χ4v) is 3.62. The van der Waals surface area contributed by atoms with Gasteiger partial charge >= 0.3 is 0 Å². The van der Waals surface area contributed by atoms with Crippen LogP contribution in [-0.2, 0) is 22.9 Å². The highest BCUT2D eigenvalue weighted by Crippen LogP contribution is 2.24. The maximum absolute atomic E-state index is 11.7. The minimum atomic E-state index is -3.10. The van der Waals surface area contributed by atoms with Crippen LogP contribution in [0.1, 0.15) is 17.5 Å². The van der Waals surface area contributed by atoms with Gasteiger partial charge in [-0.15, -0.1) is 0 Å². The van der Waals surface area contributed by atoms with Crippen LogP contribution in [0.5, 0.6) is 0 Å². The van der Waals surface area contributed by atoms with Crippen LogP contribution in [0.15, 0.2) is 22.7 Å². The summed E-state index contributed by atoms with van der Waals surface area (Å²) in [5, 5.41) is 3.37. The Morgan fingerprint density at radius 1 is 1.35 bits per heavy atom. The lowest BCUT2D eigenvalue weighted by Crippen LogP contribution is -2.39. The highest BCUT2D eigenvalue weighted by Gasteiger charge is 2.19. The molecule has 0 aliphatic heterocycles. The molecule has 1 aliphatic rings. The van der Waals surface area contributed by atoms with Gasteiger partial charge in [-0.1, -0.05) is 22.0 Å². The Morgan fingerprint density at radius 2 is 2.10 bits per heavy atom. The Balaban J connectivity index is 1.87. The number of nitrogens with one attached hydrogen (secondary N) is 1. The van der Waals surface area contributed by atoms with E-state index in [1.54, 1.807) is 14.1 Å². The summed E-state index contributed by atoms with van der Waals surface area (Å²) in [5.41, 5.74) is 2.77. The van der Waals surface area contributed by atoms with Gasteiger partial charge in [-0.25, -0.2) is 12.7 Å². The molecular formula is C14H21BrN2O2S. The first-order valence-electron chi connectivity index (χ1n) is 6.79. The molecule has 1 aromatic carbocycles. The lowest BCUT2D eigenvalue weighted by atomic mass is 9.88. The summed E-state index contributed by atoms with van der Waals surface area (Å²) in [6.07, 6.45) is 3.09. The molecule has 0 fully saturated rings. The van der Waals surface area contributed by atoms with Gasteiger partial charge in [-0.2, -0.15) is 0 Å². The molecule has 1 aliphatic carbocycles. The molecule has 0 radical (unpaired) electrons. The molecule has 1 atom stereocenters. The van der Waals surface area contributed by atoms with Crippen molar-refractivity contribution in [2.24, 2.45) is 0 Å². The number of nitrogens with zero attached hydrogens (tertiary/aromatic N) is 1. The first kappa shape index (κ1) is 15.9. The van der Waals surface area contributed by atoms with Crippen molar-refractivity contribution in [1.82, 2.24) is 9.62 Å². The minimum absolute atomic E-state index is 0.156. The van der Waals surface area contributed by atoms with Gasteiger partial charge in [0.25, 0.3) is 0 Å². The quantitative estimate of drug-likeness (QED) is 0.870. The predicted molar refractivity (Wildman–Crippen MR) is 85.4 cm³/mol. The monoisotopic (exact) mass is 360 g/mol. The van der Waals surface area contributed by atoms with Gasteiger partial charge in [0.1, 0.15) is 0 Å². The Morgan fingerprint density at radius 3 is 2.80 bits per heavy atom. The molecule has 1 unspecified atom stereocenters. The number of rotatable bonds is 5. The third kappa shape index (κ3) is 4.04. The standard InChI is InChI=1S/C14H21BrN2O2S/c1-17(2)20(18,19)8-7-16-14-6-4-11-9-13(15)5-3-12(11)10-14/h3,5,9,14,16H,4,6-8,10H2,1-2H3. The Hall–Kier alpha value is -0.430. The van der Waals surface area contributed by atoms with Crippen molar-refractivity contribution in [2.75, 3.05) is 26.4 Å². The number of benzene rings is 1. The van der Waals surface area contributed by atoms with Crippen LogP contribution in [-0.4, -0.2) is 45.2 Å². The summed E-state index contributed by atoms with van der Waals surface area (Å²) in [6, 6.07) is 6.78. The van der Waals surface area contributed by atoms with Crippen LogP contribution >= 0.6 is 15.9 Å².